The standard InChI is InChI=1S/C30H32N4O2/c1-3-6-27-29(20(2)21-9-11-22(12-10-21)26-8-5-4-7-23(26)19-31)30(36)33(28-17-18-32-34(27)28)24-13-15-25(35)16-14-24/h4-5,7-12,17-18,20,24-25,35H,3,6,13-16H2,1-2H3/t20?,24-,25-. The zero-order valence-corrected chi connectivity index (χ0v) is 20.9. The van der Waals surface area contributed by atoms with E-state index in [-0.39, 0.29) is 23.6 Å². The molecule has 2 aromatic carbocycles. The van der Waals surface area contributed by atoms with Gasteiger partial charge in [0.1, 0.15) is 5.65 Å². The SMILES string of the molecule is CCCc1c(C(C)c2ccc(-c3ccccc3C#N)cc2)c(=O)n([C@H]2CC[C@H](O)CC2)c2ccnn12. The molecule has 1 unspecified atom stereocenters. The van der Waals surface area contributed by atoms with Crippen molar-refractivity contribution in [2.75, 3.05) is 0 Å². The molecule has 5 rings (SSSR count). The molecule has 6 heteroatoms. The van der Waals surface area contributed by atoms with Crippen molar-refractivity contribution >= 4 is 5.65 Å². The number of nitriles is 1. The molecule has 184 valence electrons. The molecule has 0 amide bonds. The average molecular weight is 481 g/mol. The minimum Gasteiger partial charge on any atom is -0.393 e. The normalized spacial score (nSPS) is 18.7. The summed E-state index contributed by atoms with van der Waals surface area (Å²) in [7, 11) is 0. The molecule has 2 aromatic heterocycles. The summed E-state index contributed by atoms with van der Waals surface area (Å²) in [5.74, 6) is -0.117. The molecule has 36 heavy (non-hydrogen) atoms. The monoisotopic (exact) mass is 480 g/mol. The van der Waals surface area contributed by atoms with Crippen LogP contribution in [0.2, 0.25) is 0 Å². The lowest BCUT2D eigenvalue weighted by atomic mass is 9.89. The lowest BCUT2D eigenvalue weighted by molar-refractivity contribution is 0.110. The summed E-state index contributed by atoms with van der Waals surface area (Å²) in [4.78, 5) is 14.2. The minimum absolute atomic E-state index is 0.0549. The van der Waals surface area contributed by atoms with Gasteiger partial charge in [0.15, 0.2) is 0 Å². The summed E-state index contributed by atoms with van der Waals surface area (Å²) >= 11 is 0. The van der Waals surface area contributed by atoms with Crippen molar-refractivity contribution in [3.63, 3.8) is 0 Å². The number of benzene rings is 2. The van der Waals surface area contributed by atoms with Crippen molar-refractivity contribution in [2.24, 2.45) is 0 Å². The van der Waals surface area contributed by atoms with E-state index in [2.05, 4.69) is 37.1 Å². The van der Waals surface area contributed by atoms with E-state index in [1.54, 1.807) is 6.20 Å². The predicted octanol–water partition coefficient (Wildman–Crippen LogP) is 5.61. The molecule has 0 bridgehead atoms. The van der Waals surface area contributed by atoms with Gasteiger partial charge in [0.2, 0.25) is 0 Å². The molecule has 0 saturated heterocycles. The smallest absolute Gasteiger partial charge is 0.258 e. The van der Waals surface area contributed by atoms with Crippen LogP contribution < -0.4 is 5.56 Å². The maximum Gasteiger partial charge on any atom is 0.258 e. The van der Waals surface area contributed by atoms with Crippen molar-refractivity contribution in [2.45, 2.75) is 70.4 Å². The summed E-state index contributed by atoms with van der Waals surface area (Å²) in [6.45, 7) is 4.22. The van der Waals surface area contributed by atoms with Gasteiger partial charge >= 0.3 is 0 Å². The highest BCUT2D eigenvalue weighted by atomic mass is 16.3. The lowest BCUT2D eigenvalue weighted by Gasteiger charge is -2.29. The third-order valence-corrected chi connectivity index (χ3v) is 7.61. The molecular weight excluding hydrogens is 448 g/mol. The fourth-order valence-electron chi connectivity index (χ4n) is 5.69. The second-order valence-corrected chi connectivity index (χ2v) is 9.85. The van der Waals surface area contributed by atoms with Gasteiger partial charge in [-0.15, -0.1) is 0 Å². The van der Waals surface area contributed by atoms with Crippen LogP contribution in [0.4, 0.5) is 0 Å². The van der Waals surface area contributed by atoms with Crippen molar-refractivity contribution in [1.29, 1.82) is 5.26 Å². The molecule has 0 spiro atoms. The van der Waals surface area contributed by atoms with Gasteiger partial charge in [-0.2, -0.15) is 10.4 Å². The van der Waals surface area contributed by atoms with Crippen LogP contribution in [0.3, 0.4) is 0 Å². The summed E-state index contributed by atoms with van der Waals surface area (Å²) < 4.78 is 3.89. The summed E-state index contributed by atoms with van der Waals surface area (Å²) in [6, 6.07) is 20.1. The highest BCUT2D eigenvalue weighted by molar-refractivity contribution is 5.70. The second-order valence-electron chi connectivity index (χ2n) is 9.85. The maximum absolute atomic E-state index is 14.2. The van der Waals surface area contributed by atoms with Crippen LogP contribution in [0, 0.1) is 11.3 Å². The van der Waals surface area contributed by atoms with Crippen LogP contribution >= 0.6 is 0 Å². The molecule has 1 saturated carbocycles. The number of nitrogens with zero attached hydrogens (tertiary/aromatic N) is 4. The van der Waals surface area contributed by atoms with Gasteiger partial charge in [0, 0.05) is 23.6 Å². The largest absolute Gasteiger partial charge is 0.393 e. The van der Waals surface area contributed by atoms with Gasteiger partial charge in [-0.25, -0.2) is 4.52 Å². The van der Waals surface area contributed by atoms with E-state index in [9.17, 15) is 15.2 Å². The Bertz CT molecular complexity index is 1470. The fourth-order valence-corrected chi connectivity index (χ4v) is 5.69. The van der Waals surface area contributed by atoms with E-state index in [0.29, 0.717) is 18.4 Å². The number of aryl methyl sites for hydroxylation is 1. The Morgan fingerprint density at radius 2 is 1.81 bits per heavy atom. The van der Waals surface area contributed by atoms with Crippen LogP contribution in [0.15, 0.2) is 65.6 Å². The Labute approximate surface area is 211 Å². The van der Waals surface area contributed by atoms with E-state index in [1.807, 2.05) is 51.5 Å². The Kier molecular flexibility index (Phi) is 6.75. The van der Waals surface area contributed by atoms with E-state index in [1.165, 1.54) is 0 Å². The van der Waals surface area contributed by atoms with Gasteiger partial charge in [-0.3, -0.25) is 9.36 Å². The first kappa shape index (κ1) is 24.0. The molecule has 0 aliphatic heterocycles. The molecule has 2 heterocycles. The van der Waals surface area contributed by atoms with E-state index < -0.39 is 0 Å². The quantitative estimate of drug-likeness (QED) is 0.389. The minimum atomic E-state index is -0.277. The number of fused-ring (bicyclic) bond motifs is 1. The number of hydrogen-bond donors (Lipinski definition) is 1. The van der Waals surface area contributed by atoms with Crippen LogP contribution in [0.1, 0.15) is 80.3 Å². The van der Waals surface area contributed by atoms with E-state index in [4.69, 9.17) is 0 Å². The maximum atomic E-state index is 14.2. The highest BCUT2D eigenvalue weighted by Crippen LogP contribution is 2.33. The topological polar surface area (TPSA) is 83.3 Å². The van der Waals surface area contributed by atoms with Crippen molar-refractivity contribution < 1.29 is 5.11 Å². The van der Waals surface area contributed by atoms with Gasteiger partial charge in [-0.05, 0) is 54.9 Å². The Balaban J connectivity index is 1.61. The second kappa shape index (κ2) is 10.1. The summed E-state index contributed by atoms with van der Waals surface area (Å²) in [5.41, 5.74) is 6.25. The first-order chi connectivity index (χ1) is 17.5. The molecule has 1 aliphatic rings. The van der Waals surface area contributed by atoms with Crippen molar-refractivity contribution in [1.82, 2.24) is 14.2 Å². The van der Waals surface area contributed by atoms with Crippen LogP contribution in [0.5, 0.6) is 0 Å². The number of aliphatic hydroxyl groups is 1. The molecule has 0 radical (unpaired) electrons. The van der Waals surface area contributed by atoms with Crippen LogP contribution in [-0.4, -0.2) is 25.4 Å². The molecule has 4 aromatic rings. The summed E-state index contributed by atoms with van der Waals surface area (Å²) in [5, 5.41) is 24.2. The average Bonchev–Trinajstić information content (AvgIpc) is 3.39. The van der Waals surface area contributed by atoms with Gasteiger partial charge < -0.3 is 5.11 Å². The Hall–Kier alpha value is -3.69. The van der Waals surface area contributed by atoms with Crippen LogP contribution in [0.25, 0.3) is 16.8 Å². The molecule has 1 N–H and O–H groups in total. The molecule has 1 aliphatic carbocycles. The summed E-state index contributed by atoms with van der Waals surface area (Å²) in [6.07, 6.45) is 6.18. The van der Waals surface area contributed by atoms with Gasteiger partial charge in [0.25, 0.3) is 5.56 Å². The number of aromatic nitrogens is 3. The molecule has 1 atom stereocenters. The van der Waals surface area contributed by atoms with Gasteiger partial charge in [0.05, 0.1) is 29.6 Å². The van der Waals surface area contributed by atoms with Crippen molar-refractivity contribution in [3.8, 4) is 17.2 Å². The zero-order chi connectivity index (χ0) is 25.2. The molecule has 1 fully saturated rings. The van der Waals surface area contributed by atoms with Crippen molar-refractivity contribution in [3.05, 3.63) is 93.5 Å². The number of aliphatic hydroxyl groups excluding tert-OH is 1. The number of rotatable bonds is 6. The number of hydrogen-bond acceptors (Lipinski definition) is 4. The third kappa shape index (κ3) is 4.25. The Morgan fingerprint density at radius 3 is 2.50 bits per heavy atom. The third-order valence-electron chi connectivity index (χ3n) is 7.61. The predicted molar refractivity (Wildman–Crippen MR) is 141 cm³/mol. The van der Waals surface area contributed by atoms with Gasteiger partial charge in [-0.1, -0.05) is 62.7 Å². The van der Waals surface area contributed by atoms with E-state index >= 15 is 0 Å². The molecule has 6 nitrogen and oxygen atoms in total. The first-order valence-corrected chi connectivity index (χ1v) is 12.9. The Morgan fingerprint density at radius 1 is 1.08 bits per heavy atom. The first-order valence-electron chi connectivity index (χ1n) is 12.9. The zero-order valence-electron chi connectivity index (χ0n) is 20.9. The van der Waals surface area contributed by atoms with Crippen LogP contribution in [-0.2, 0) is 6.42 Å². The van der Waals surface area contributed by atoms with E-state index in [0.717, 1.165) is 59.3 Å². The highest BCUT2D eigenvalue weighted by Gasteiger charge is 2.28. The fraction of sp³-hybridized carbons (Fsp3) is 0.367. The molecular formula is C30H32N4O2. The lowest BCUT2D eigenvalue weighted by Crippen LogP contribution is -2.35.